The van der Waals surface area contributed by atoms with E-state index in [1.807, 2.05) is 55.5 Å². The largest absolute Gasteiger partial charge is 0.496 e. The highest BCUT2D eigenvalue weighted by atomic mass is 16.5. The van der Waals surface area contributed by atoms with E-state index in [1.165, 1.54) is 0 Å². The molecule has 148 valence electrons. The second-order valence-electron chi connectivity index (χ2n) is 7.80. The third-order valence-corrected chi connectivity index (χ3v) is 5.40. The molecule has 3 rings (SSSR count). The minimum atomic E-state index is -1.15. The molecule has 2 aromatic carbocycles. The summed E-state index contributed by atoms with van der Waals surface area (Å²) in [5.74, 6) is 0.373. The van der Waals surface area contributed by atoms with Crippen LogP contribution in [0, 0.1) is 5.41 Å². The van der Waals surface area contributed by atoms with Crippen molar-refractivity contribution in [3.63, 3.8) is 0 Å². The van der Waals surface area contributed by atoms with Gasteiger partial charge in [-0.05, 0) is 56.9 Å². The monoisotopic (exact) mass is 380 g/mol. The maximum Gasteiger partial charge on any atom is 0.242 e. The van der Waals surface area contributed by atoms with Gasteiger partial charge in [0.1, 0.15) is 11.2 Å². The number of carbonyl (C=O) groups is 2. The lowest BCUT2D eigenvalue weighted by Gasteiger charge is -2.31. The molecule has 1 aliphatic heterocycles. The van der Waals surface area contributed by atoms with Crippen LogP contribution in [0.1, 0.15) is 31.9 Å². The molecular weight excluding hydrogens is 352 g/mol. The Balaban J connectivity index is 1.66. The highest BCUT2D eigenvalue weighted by Crippen LogP contribution is 2.35. The molecule has 2 aromatic rings. The molecule has 1 unspecified atom stereocenters. The van der Waals surface area contributed by atoms with Crippen LogP contribution in [-0.4, -0.2) is 31.5 Å². The number of rotatable bonds is 6. The summed E-state index contributed by atoms with van der Waals surface area (Å²) in [7, 11) is 1.63. The molecule has 1 aliphatic rings. The first-order valence-corrected chi connectivity index (χ1v) is 9.68. The zero-order chi connectivity index (χ0) is 20.3. The van der Waals surface area contributed by atoms with Crippen LogP contribution in [0.3, 0.4) is 0 Å². The standard InChI is InChI=1S/C23H28N2O3/c1-16-15-18-10-5-7-11-19(18)25(16)22(27)23(2,3)21(26)24-14-13-17-9-6-8-12-20(17)28-4/h5-12,16H,13-15H2,1-4H3,(H,24,26). The zero-order valence-corrected chi connectivity index (χ0v) is 17.0. The molecule has 0 fully saturated rings. The Hall–Kier alpha value is -2.82. The second-order valence-corrected chi connectivity index (χ2v) is 7.80. The Morgan fingerprint density at radius 2 is 1.82 bits per heavy atom. The summed E-state index contributed by atoms with van der Waals surface area (Å²) in [5.41, 5.74) is 1.94. The van der Waals surface area contributed by atoms with Crippen LogP contribution >= 0.6 is 0 Å². The molecule has 0 aromatic heterocycles. The molecule has 2 amide bonds. The van der Waals surface area contributed by atoms with Crippen LogP contribution in [0.2, 0.25) is 0 Å². The summed E-state index contributed by atoms with van der Waals surface area (Å²) in [5, 5.41) is 2.92. The molecule has 0 spiro atoms. The van der Waals surface area contributed by atoms with Crippen LogP contribution in [0.5, 0.6) is 5.75 Å². The Kier molecular flexibility index (Phi) is 5.73. The number of methoxy groups -OCH3 is 1. The molecule has 0 bridgehead atoms. The van der Waals surface area contributed by atoms with Crippen LogP contribution in [0.15, 0.2) is 48.5 Å². The zero-order valence-electron chi connectivity index (χ0n) is 17.0. The van der Waals surface area contributed by atoms with E-state index in [4.69, 9.17) is 4.74 Å². The van der Waals surface area contributed by atoms with Crippen molar-refractivity contribution in [2.75, 3.05) is 18.6 Å². The average Bonchev–Trinajstić information content (AvgIpc) is 3.03. The minimum absolute atomic E-state index is 0.0468. The van der Waals surface area contributed by atoms with Gasteiger partial charge in [0.05, 0.1) is 7.11 Å². The van der Waals surface area contributed by atoms with Gasteiger partial charge in [-0.1, -0.05) is 36.4 Å². The first-order chi connectivity index (χ1) is 13.4. The van der Waals surface area contributed by atoms with E-state index in [-0.39, 0.29) is 17.9 Å². The molecule has 0 radical (unpaired) electrons. The molecular formula is C23H28N2O3. The van der Waals surface area contributed by atoms with Crippen molar-refractivity contribution in [1.29, 1.82) is 0 Å². The summed E-state index contributed by atoms with van der Waals surface area (Å²) < 4.78 is 5.35. The van der Waals surface area contributed by atoms with E-state index in [1.54, 1.807) is 25.9 Å². The summed E-state index contributed by atoms with van der Waals surface area (Å²) in [6.45, 7) is 5.86. The molecule has 5 heteroatoms. The SMILES string of the molecule is COc1ccccc1CCNC(=O)C(C)(C)C(=O)N1c2ccccc2CC1C. The molecule has 1 N–H and O–H groups in total. The van der Waals surface area contributed by atoms with E-state index >= 15 is 0 Å². The number of nitrogens with zero attached hydrogens (tertiary/aromatic N) is 1. The van der Waals surface area contributed by atoms with Crippen LogP contribution < -0.4 is 15.0 Å². The van der Waals surface area contributed by atoms with Gasteiger partial charge in [-0.2, -0.15) is 0 Å². The number of amides is 2. The third-order valence-electron chi connectivity index (χ3n) is 5.40. The fourth-order valence-electron chi connectivity index (χ4n) is 3.71. The average molecular weight is 380 g/mol. The Labute approximate surface area is 166 Å². The number of para-hydroxylation sites is 2. The van der Waals surface area contributed by atoms with Gasteiger partial charge in [-0.15, -0.1) is 0 Å². The highest BCUT2D eigenvalue weighted by Gasteiger charge is 2.43. The third kappa shape index (κ3) is 3.75. The van der Waals surface area contributed by atoms with Gasteiger partial charge in [-0.3, -0.25) is 9.59 Å². The predicted molar refractivity (Wildman–Crippen MR) is 111 cm³/mol. The van der Waals surface area contributed by atoms with Gasteiger partial charge in [-0.25, -0.2) is 0 Å². The van der Waals surface area contributed by atoms with E-state index in [9.17, 15) is 9.59 Å². The van der Waals surface area contributed by atoms with Crippen LogP contribution in [-0.2, 0) is 22.4 Å². The molecule has 5 nitrogen and oxygen atoms in total. The number of hydrogen-bond donors (Lipinski definition) is 1. The Morgan fingerprint density at radius 3 is 2.57 bits per heavy atom. The first kappa shape index (κ1) is 19.9. The van der Waals surface area contributed by atoms with Gasteiger partial charge in [0.2, 0.25) is 11.8 Å². The summed E-state index contributed by atoms with van der Waals surface area (Å²) in [6, 6.07) is 15.7. The molecule has 1 atom stereocenters. The lowest BCUT2D eigenvalue weighted by atomic mass is 9.89. The maximum atomic E-state index is 13.3. The fourth-order valence-corrected chi connectivity index (χ4v) is 3.71. The van der Waals surface area contributed by atoms with Crippen LogP contribution in [0.25, 0.3) is 0 Å². The van der Waals surface area contributed by atoms with Crippen molar-refractivity contribution in [1.82, 2.24) is 5.32 Å². The van der Waals surface area contributed by atoms with Crippen molar-refractivity contribution in [3.8, 4) is 5.75 Å². The van der Waals surface area contributed by atoms with E-state index in [0.717, 1.165) is 29.0 Å². The Morgan fingerprint density at radius 1 is 1.14 bits per heavy atom. The molecule has 0 saturated heterocycles. The fraction of sp³-hybridized carbons (Fsp3) is 0.391. The summed E-state index contributed by atoms with van der Waals surface area (Å²) >= 11 is 0. The molecule has 0 saturated carbocycles. The van der Waals surface area contributed by atoms with Gasteiger partial charge < -0.3 is 15.0 Å². The topological polar surface area (TPSA) is 58.6 Å². The van der Waals surface area contributed by atoms with Gasteiger partial charge >= 0.3 is 0 Å². The number of benzene rings is 2. The lowest BCUT2D eigenvalue weighted by Crippen LogP contribution is -2.51. The number of carbonyl (C=O) groups excluding carboxylic acids is 2. The number of nitrogens with one attached hydrogen (secondary N) is 1. The highest BCUT2D eigenvalue weighted by molar-refractivity contribution is 6.12. The van der Waals surface area contributed by atoms with Gasteiger partial charge in [0.15, 0.2) is 0 Å². The first-order valence-electron chi connectivity index (χ1n) is 9.68. The molecule has 0 aliphatic carbocycles. The van der Waals surface area contributed by atoms with Crippen molar-refractivity contribution in [2.45, 2.75) is 39.7 Å². The normalized spacial score (nSPS) is 15.9. The maximum absolute atomic E-state index is 13.3. The summed E-state index contributed by atoms with van der Waals surface area (Å²) in [4.78, 5) is 27.9. The minimum Gasteiger partial charge on any atom is -0.496 e. The van der Waals surface area contributed by atoms with Crippen molar-refractivity contribution in [2.24, 2.45) is 5.41 Å². The van der Waals surface area contributed by atoms with Gasteiger partial charge in [0.25, 0.3) is 0 Å². The molecule has 1 heterocycles. The number of fused-ring (bicyclic) bond motifs is 1. The van der Waals surface area contributed by atoms with Crippen LogP contribution in [0.4, 0.5) is 5.69 Å². The van der Waals surface area contributed by atoms with Crippen molar-refractivity contribution >= 4 is 17.5 Å². The van der Waals surface area contributed by atoms with E-state index in [2.05, 4.69) is 5.32 Å². The van der Waals surface area contributed by atoms with E-state index < -0.39 is 5.41 Å². The predicted octanol–water partition coefficient (Wildman–Crippen LogP) is 3.36. The number of hydrogen-bond acceptors (Lipinski definition) is 3. The quantitative estimate of drug-likeness (QED) is 0.782. The summed E-state index contributed by atoms with van der Waals surface area (Å²) in [6.07, 6.45) is 1.45. The smallest absolute Gasteiger partial charge is 0.242 e. The van der Waals surface area contributed by atoms with E-state index in [0.29, 0.717) is 13.0 Å². The lowest BCUT2D eigenvalue weighted by molar-refractivity contribution is -0.139. The number of anilines is 1. The van der Waals surface area contributed by atoms with Gasteiger partial charge in [0, 0.05) is 18.3 Å². The number of ether oxygens (including phenoxy) is 1. The Bertz CT molecular complexity index is 876. The van der Waals surface area contributed by atoms with Crippen molar-refractivity contribution in [3.05, 3.63) is 59.7 Å². The second kappa shape index (κ2) is 8.05. The van der Waals surface area contributed by atoms with Crippen molar-refractivity contribution < 1.29 is 14.3 Å². The molecule has 28 heavy (non-hydrogen) atoms.